The molecule has 11 heavy (non-hydrogen) atoms. The van der Waals surface area contributed by atoms with Crippen LogP contribution in [0.1, 0.15) is 17.2 Å². The lowest BCUT2D eigenvalue weighted by molar-refractivity contribution is 0.274. The molecule has 1 fully saturated rings. The molecule has 2 atom stereocenters. The maximum atomic E-state index is 8.84. The van der Waals surface area contributed by atoms with Crippen molar-refractivity contribution >= 4 is 27.3 Å². The molecule has 3 heteroatoms. The summed E-state index contributed by atoms with van der Waals surface area (Å²) in [5.41, 5.74) is 0. The molecular formula is C8H9BrOS. The summed E-state index contributed by atoms with van der Waals surface area (Å²) < 4.78 is 1.19. The van der Waals surface area contributed by atoms with E-state index >= 15 is 0 Å². The molecule has 0 spiro atoms. The van der Waals surface area contributed by atoms with Crippen LogP contribution in [0.3, 0.4) is 0 Å². The van der Waals surface area contributed by atoms with Crippen molar-refractivity contribution in [2.75, 3.05) is 6.61 Å². The SMILES string of the molecule is OC[C@@H]1C[C@H]1c1ccc(Br)s1. The molecule has 1 aromatic heterocycles. The van der Waals surface area contributed by atoms with Crippen LogP contribution in [0.15, 0.2) is 15.9 Å². The second kappa shape index (κ2) is 2.88. The normalized spacial score (nSPS) is 28.9. The minimum absolute atomic E-state index is 0.347. The Hall–Kier alpha value is 0.140. The van der Waals surface area contributed by atoms with Crippen LogP contribution in [0.5, 0.6) is 0 Å². The fourth-order valence-electron chi connectivity index (χ4n) is 1.33. The Balaban J connectivity index is 2.08. The van der Waals surface area contributed by atoms with Crippen LogP contribution in [0, 0.1) is 5.92 Å². The van der Waals surface area contributed by atoms with Gasteiger partial charge in [0.05, 0.1) is 3.79 Å². The Bertz CT molecular complexity index is 258. The van der Waals surface area contributed by atoms with Gasteiger partial charge in [-0.2, -0.15) is 0 Å². The smallest absolute Gasteiger partial charge is 0.0701 e. The molecule has 60 valence electrons. The van der Waals surface area contributed by atoms with Gasteiger partial charge < -0.3 is 5.11 Å². The van der Waals surface area contributed by atoms with Crippen molar-refractivity contribution in [3.05, 3.63) is 20.8 Å². The van der Waals surface area contributed by atoms with Crippen molar-refractivity contribution in [2.45, 2.75) is 12.3 Å². The third kappa shape index (κ3) is 1.50. The molecule has 2 rings (SSSR count). The molecule has 0 aliphatic heterocycles. The highest BCUT2D eigenvalue weighted by Crippen LogP contribution is 2.49. The fourth-order valence-corrected chi connectivity index (χ4v) is 2.96. The van der Waals surface area contributed by atoms with E-state index in [2.05, 4.69) is 28.1 Å². The predicted octanol–water partition coefficient (Wildman–Crippen LogP) is 2.61. The van der Waals surface area contributed by atoms with Crippen molar-refractivity contribution in [3.8, 4) is 0 Å². The van der Waals surface area contributed by atoms with E-state index in [1.54, 1.807) is 11.3 Å². The number of aliphatic hydroxyl groups excluding tert-OH is 1. The Kier molecular flexibility index (Phi) is 2.04. The van der Waals surface area contributed by atoms with Crippen LogP contribution >= 0.6 is 27.3 Å². The van der Waals surface area contributed by atoms with Crippen LogP contribution in [-0.4, -0.2) is 11.7 Å². The van der Waals surface area contributed by atoms with Crippen molar-refractivity contribution in [1.29, 1.82) is 0 Å². The Morgan fingerprint density at radius 1 is 1.64 bits per heavy atom. The van der Waals surface area contributed by atoms with E-state index in [0.29, 0.717) is 18.4 Å². The first kappa shape index (κ1) is 7.77. The van der Waals surface area contributed by atoms with Gasteiger partial charge in [0.15, 0.2) is 0 Å². The van der Waals surface area contributed by atoms with E-state index in [9.17, 15) is 0 Å². The molecule has 1 aliphatic carbocycles. The van der Waals surface area contributed by atoms with Crippen molar-refractivity contribution in [1.82, 2.24) is 0 Å². The van der Waals surface area contributed by atoms with Gasteiger partial charge in [-0.05, 0) is 46.3 Å². The molecule has 1 nitrogen and oxygen atoms in total. The molecule has 1 saturated carbocycles. The van der Waals surface area contributed by atoms with Gasteiger partial charge in [-0.1, -0.05) is 0 Å². The van der Waals surface area contributed by atoms with Crippen LogP contribution in [-0.2, 0) is 0 Å². The van der Waals surface area contributed by atoms with Crippen LogP contribution < -0.4 is 0 Å². The first-order valence-electron chi connectivity index (χ1n) is 3.67. The highest BCUT2D eigenvalue weighted by Gasteiger charge is 2.38. The maximum Gasteiger partial charge on any atom is 0.0701 e. The molecule has 1 aliphatic rings. The minimum Gasteiger partial charge on any atom is -0.396 e. The van der Waals surface area contributed by atoms with Gasteiger partial charge in [0, 0.05) is 11.5 Å². The third-order valence-corrected chi connectivity index (χ3v) is 3.87. The van der Waals surface area contributed by atoms with E-state index in [-0.39, 0.29) is 0 Å². The minimum atomic E-state index is 0.347. The summed E-state index contributed by atoms with van der Waals surface area (Å²) in [6, 6.07) is 4.22. The Labute approximate surface area is 78.2 Å². The predicted molar refractivity (Wildman–Crippen MR) is 50.0 cm³/mol. The summed E-state index contributed by atoms with van der Waals surface area (Å²) >= 11 is 5.21. The summed E-state index contributed by atoms with van der Waals surface area (Å²) in [6.45, 7) is 0.347. The molecule has 1 heterocycles. The van der Waals surface area contributed by atoms with E-state index in [4.69, 9.17) is 5.11 Å². The number of hydrogen-bond acceptors (Lipinski definition) is 2. The molecule has 0 bridgehead atoms. The van der Waals surface area contributed by atoms with Gasteiger partial charge in [-0.15, -0.1) is 11.3 Å². The first-order valence-corrected chi connectivity index (χ1v) is 5.28. The summed E-state index contributed by atoms with van der Waals surface area (Å²) in [5, 5.41) is 8.84. The molecule has 0 amide bonds. The second-order valence-corrected chi connectivity index (χ2v) is 5.42. The highest BCUT2D eigenvalue weighted by molar-refractivity contribution is 9.11. The van der Waals surface area contributed by atoms with Gasteiger partial charge >= 0.3 is 0 Å². The monoisotopic (exact) mass is 232 g/mol. The lowest BCUT2D eigenvalue weighted by atomic mass is 10.3. The quantitative estimate of drug-likeness (QED) is 0.832. The van der Waals surface area contributed by atoms with Crippen molar-refractivity contribution in [2.24, 2.45) is 5.92 Å². The summed E-state index contributed by atoms with van der Waals surface area (Å²) in [7, 11) is 0. The zero-order chi connectivity index (χ0) is 7.84. The first-order chi connectivity index (χ1) is 5.31. The Morgan fingerprint density at radius 3 is 2.91 bits per heavy atom. The number of aliphatic hydroxyl groups is 1. The number of hydrogen-bond donors (Lipinski definition) is 1. The van der Waals surface area contributed by atoms with E-state index < -0.39 is 0 Å². The lowest BCUT2D eigenvalue weighted by Crippen LogP contribution is -1.85. The molecule has 1 N–H and O–H groups in total. The van der Waals surface area contributed by atoms with Gasteiger partial charge in [0.25, 0.3) is 0 Å². The lowest BCUT2D eigenvalue weighted by Gasteiger charge is -1.89. The van der Waals surface area contributed by atoms with Gasteiger partial charge in [-0.3, -0.25) is 0 Å². The second-order valence-electron chi connectivity index (χ2n) is 2.93. The standard InChI is InChI=1S/C8H9BrOS/c9-8-2-1-7(11-8)6-3-5(6)4-10/h1-2,5-6,10H,3-4H2/t5-,6+/m0/s1. The third-order valence-electron chi connectivity index (χ3n) is 2.12. The summed E-state index contributed by atoms with van der Waals surface area (Å²) in [4.78, 5) is 1.41. The molecule has 0 unspecified atom stereocenters. The molecular weight excluding hydrogens is 224 g/mol. The van der Waals surface area contributed by atoms with Crippen LogP contribution in [0.25, 0.3) is 0 Å². The summed E-state index contributed by atoms with van der Waals surface area (Å²) in [6.07, 6.45) is 1.17. The van der Waals surface area contributed by atoms with E-state index in [1.807, 2.05) is 0 Å². The van der Waals surface area contributed by atoms with E-state index in [1.165, 1.54) is 15.1 Å². The topological polar surface area (TPSA) is 20.2 Å². The van der Waals surface area contributed by atoms with Crippen molar-refractivity contribution in [3.63, 3.8) is 0 Å². The maximum absolute atomic E-state index is 8.84. The van der Waals surface area contributed by atoms with Gasteiger partial charge in [0.1, 0.15) is 0 Å². The zero-order valence-corrected chi connectivity index (χ0v) is 8.36. The Morgan fingerprint density at radius 2 is 2.45 bits per heavy atom. The number of halogens is 1. The summed E-state index contributed by atoms with van der Waals surface area (Å²) in [5.74, 6) is 1.19. The number of rotatable bonds is 2. The average Bonchev–Trinajstić information content (AvgIpc) is 2.68. The van der Waals surface area contributed by atoms with E-state index in [0.717, 1.165) is 0 Å². The zero-order valence-electron chi connectivity index (χ0n) is 5.96. The van der Waals surface area contributed by atoms with Crippen LogP contribution in [0.2, 0.25) is 0 Å². The average molecular weight is 233 g/mol. The molecule has 0 saturated heterocycles. The largest absolute Gasteiger partial charge is 0.396 e. The fraction of sp³-hybridized carbons (Fsp3) is 0.500. The van der Waals surface area contributed by atoms with Crippen LogP contribution in [0.4, 0.5) is 0 Å². The van der Waals surface area contributed by atoms with Crippen molar-refractivity contribution < 1.29 is 5.11 Å². The van der Waals surface area contributed by atoms with Gasteiger partial charge in [0.2, 0.25) is 0 Å². The molecule has 0 radical (unpaired) electrons. The highest BCUT2D eigenvalue weighted by atomic mass is 79.9. The molecule has 0 aromatic carbocycles. The number of thiophene rings is 1. The molecule has 1 aromatic rings. The van der Waals surface area contributed by atoms with Gasteiger partial charge in [-0.25, -0.2) is 0 Å².